The molecule has 0 saturated carbocycles. The van der Waals surface area contributed by atoms with Gasteiger partial charge in [-0.1, -0.05) is 16.9 Å². The molecule has 10 heteroatoms. The van der Waals surface area contributed by atoms with Crippen molar-refractivity contribution in [3.8, 4) is 0 Å². The summed E-state index contributed by atoms with van der Waals surface area (Å²) in [7, 11) is 0. The largest absolute Gasteiger partial charge is 0.465 e. The Morgan fingerprint density at radius 1 is 1.38 bits per heavy atom. The van der Waals surface area contributed by atoms with Crippen molar-refractivity contribution in [2.24, 2.45) is 5.11 Å². The van der Waals surface area contributed by atoms with Gasteiger partial charge in [0.25, 0.3) is 5.91 Å². The Bertz CT molecular complexity index is 853. The molecule has 2 aromatic rings. The third kappa shape index (κ3) is 5.47. The summed E-state index contributed by atoms with van der Waals surface area (Å²) in [6.07, 6.45) is 1.43. The van der Waals surface area contributed by atoms with Gasteiger partial charge in [-0.05, 0) is 42.8 Å². The van der Waals surface area contributed by atoms with Gasteiger partial charge in [0.2, 0.25) is 0 Å². The van der Waals surface area contributed by atoms with Crippen LogP contribution in [0.2, 0.25) is 0 Å². The van der Waals surface area contributed by atoms with E-state index in [4.69, 9.17) is 10.3 Å². The molecule has 1 aromatic carbocycles. The van der Waals surface area contributed by atoms with Crippen molar-refractivity contribution in [1.29, 1.82) is 0 Å². The number of rotatable bonds is 7. The van der Waals surface area contributed by atoms with Gasteiger partial charge in [-0.3, -0.25) is 9.59 Å². The van der Waals surface area contributed by atoms with Crippen LogP contribution < -0.4 is 5.32 Å². The SMILES string of the molecule is CCOC(=O)CSc1ccc(NC(=O)c2ccc(F)c(N=[N+]=[N-])c2)cn1. The third-order valence-electron chi connectivity index (χ3n) is 3.00. The molecule has 1 N–H and O–H groups in total. The van der Waals surface area contributed by atoms with E-state index in [1.807, 2.05) is 0 Å². The number of pyridine rings is 1. The lowest BCUT2D eigenvalue weighted by molar-refractivity contribution is -0.139. The van der Waals surface area contributed by atoms with E-state index in [-0.39, 0.29) is 23.0 Å². The molecule has 134 valence electrons. The van der Waals surface area contributed by atoms with Gasteiger partial charge in [0.15, 0.2) is 0 Å². The van der Waals surface area contributed by atoms with Crippen LogP contribution in [0, 0.1) is 5.82 Å². The first-order valence-electron chi connectivity index (χ1n) is 7.44. The molecule has 0 radical (unpaired) electrons. The Balaban J connectivity index is 2.00. The minimum absolute atomic E-state index is 0.134. The number of carbonyl (C=O) groups excluding carboxylic acids is 2. The van der Waals surface area contributed by atoms with Crippen LogP contribution in [-0.2, 0) is 9.53 Å². The maximum Gasteiger partial charge on any atom is 0.316 e. The highest BCUT2D eigenvalue weighted by Crippen LogP contribution is 2.21. The van der Waals surface area contributed by atoms with Crippen LogP contribution in [0.15, 0.2) is 46.7 Å². The maximum atomic E-state index is 13.4. The van der Waals surface area contributed by atoms with E-state index >= 15 is 0 Å². The number of hydrogen-bond donors (Lipinski definition) is 1. The van der Waals surface area contributed by atoms with E-state index in [0.29, 0.717) is 17.3 Å². The maximum absolute atomic E-state index is 13.4. The lowest BCUT2D eigenvalue weighted by Crippen LogP contribution is -2.12. The number of anilines is 1. The van der Waals surface area contributed by atoms with Crippen LogP contribution in [0.1, 0.15) is 17.3 Å². The predicted octanol–water partition coefficient (Wildman–Crippen LogP) is 4.07. The number of halogens is 1. The normalized spacial score (nSPS) is 9.92. The fraction of sp³-hybridized carbons (Fsp3) is 0.188. The first kappa shape index (κ1) is 19.2. The summed E-state index contributed by atoms with van der Waals surface area (Å²) in [5.74, 6) is -1.41. The van der Waals surface area contributed by atoms with Gasteiger partial charge >= 0.3 is 5.97 Å². The van der Waals surface area contributed by atoms with E-state index in [2.05, 4.69) is 20.3 Å². The van der Waals surface area contributed by atoms with E-state index < -0.39 is 11.7 Å². The number of nitrogens with zero attached hydrogens (tertiary/aromatic N) is 4. The summed E-state index contributed by atoms with van der Waals surface area (Å²) < 4.78 is 18.3. The summed E-state index contributed by atoms with van der Waals surface area (Å²) in [4.78, 5) is 30.1. The first-order chi connectivity index (χ1) is 12.5. The Kier molecular flexibility index (Phi) is 6.95. The van der Waals surface area contributed by atoms with Gasteiger partial charge in [-0.2, -0.15) is 0 Å². The van der Waals surface area contributed by atoms with Crippen molar-refractivity contribution in [3.63, 3.8) is 0 Å². The fourth-order valence-corrected chi connectivity index (χ4v) is 2.50. The van der Waals surface area contributed by atoms with Crippen molar-refractivity contribution < 1.29 is 18.7 Å². The summed E-state index contributed by atoms with van der Waals surface area (Å²) in [5.41, 5.74) is 8.69. The van der Waals surface area contributed by atoms with Gasteiger partial charge in [-0.15, -0.1) is 0 Å². The lowest BCUT2D eigenvalue weighted by Gasteiger charge is -2.07. The van der Waals surface area contributed by atoms with Crippen LogP contribution in [0.5, 0.6) is 0 Å². The van der Waals surface area contributed by atoms with E-state index in [1.165, 1.54) is 24.0 Å². The smallest absolute Gasteiger partial charge is 0.316 e. The zero-order valence-corrected chi connectivity index (χ0v) is 14.5. The zero-order chi connectivity index (χ0) is 18.9. The van der Waals surface area contributed by atoms with E-state index in [1.54, 1.807) is 19.1 Å². The second kappa shape index (κ2) is 9.40. The number of azide groups is 1. The molecule has 1 aromatic heterocycles. The molecular formula is C16H14FN5O3S. The van der Waals surface area contributed by atoms with Crippen LogP contribution in [0.25, 0.3) is 10.4 Å². The minimum atomic E-state index is -0.719. The summed E-state index contributed by atoms with van der Waals surface area (Å²) in [6.45, 7) is 2.05. The van der Waals surface area contributed by atoms with Crippen molar-refractivity contribution >= 4 is 35.0 Å². The van der Waals surface area contributed by atoms with Crippen molar-refractivity contribution in [2.45, 2.75) is 11.9 Å². The molecule has 1 amide bonds. The number of hydrogen-bond acceptors (Lipinski definition) is 6. The Hall–Kier alpha value is -3.10. The number of nitrogens with one attached hydrogen (secondary N) is 1. The average molecular weight is 375 g/mol. The topological polar surface area (TPSA) is 117 Å². The van der Waals surface area contributed by atoms with E-state index in [9.17, 15) is 14.0 Å². The molecule has 0 atom stereocenters. The third-order valence-corrected chi connectivity index (χ3v) is 3.92. The van der Waals surface area contributed by atoms with Crippen LogP contribution >= 0.6 is 11.8 Å². The quantitative estimate of drug-likeness (QED) is 0.257. The molecule has 26 heavy (non-hydrogen) atoms. The molecule has 2 rings (SSSR count). The minimum Gasteiger partial charge on any atom is -0.465 e. The number of thioether (sulfide) groups is 1. The predicted molar refractivity (Wildman–Crippen MR) is 94.8 cm³/mol. The fourth-order valence-electron chi connectivity index (χ4n) is 1.86. The number of ether oxygens (including phenoxy) is 1. The second-order valence-corrected chi connectivity index (χ2v) is 5.78. The zero-order valence-electron chi connectivity index (χ0n) is 13.7. The van der Waals surface area contributed by atoms with Gasteiger partial charge in [-0.25, -0.2) is 9.37 Å². The molecule has 1 heterocycles. The summed E-state index contributed by atoms with van der Waals surface area (Å²) >= 11 is 1.21. The highest BCUT2D eigenvalue weighted by Gasteiger charge is 2.10. The molecular weight excluding hydrogens is 361 g/mol. The molecule has 0 saturated heterocycles. The van der Waals surface area contributed by atoms with E-state index in [0.717, 1.165) is 12.1 Å². The number of benzene rings is 1. The molecule has 8 nitrogen and oxygen atoms in total. The highest BCUT2D eigenvalue weighted by atomic mass is 32.2. The molecule has 0 unspecified atom stereocenters. The second-order valence-electron chi connectivity index (χ2n) is 4.79. The Labute approximate surface area is 152 Å². The van der Waals surface area contributed by atoms with Gasteiger partial charge in [0.05, 0.1) is 35.0 Å². The van der Waals surface area contributed by atoms with Gasteiger partial charge in [0, 0.05) is 10.5 Å². The standard InChI is InChI=1S/C16H14FN5O3S/c1-2-25-15(23)9-26-14-6-4-11(8-19-14)20-16(24)10-3-5-12(17)13(7-10)21-22-18/h3-8H,2,9H2,1H3,(H,20,24). The molecule has 0 aliphatic rings. The lowest BCUT2D eigenvalue weighted by atomic mass is 10.2. The van der Waals surface area contributed by atoms with Gasteiger partial charge < -0.3 is 10.1 Å². The highest BCUT2D eigenvalue weighted by molar-refractivity contribution is 7.99. The van der Waals surface area contributed by atoms with Crippen LogP contribution in [0.4, 0.5) is 15.8 Å². The molecule has 0 aliphatic heterocycles. The van der Waals surface area contributed by atoms with Crippen LogP contribution in [0.3, 0.4) is 0 Å². The molecule has 0 spiro atoms. The number of esters is 1. The van der Waals surface area contributed by atoms with Crippen LogP contribution in [-0.4, -0.2) is 29.2 Å². The number of aromatic nitrogens is 1. The first-order valence-corrected chi connectivity index (χ1v) is 8.42. The Morgan fingerprint density at radius 2 is 2.19 bits per heavy atom. The van der Waals surface area contributed by atoms with Gasteiger partial charge in [0.1, 0.15) is 5.82 Å². The van der Waals surface area contributed by atoms with Crippen molar-refractivity contribution in [2.75, 3.05) is 17.7 Å². The summed E-state index contributed by atoms with van der Waals surface area (Å²) in [6, 6.07) is 6.75. The van der Waals surface area contributed by atoms with Crippen molar-refractivity contribution in [3.05, 3.63) is 58.4 Å². The number of carbonyl (C=O) groups is 2. The molecule has 0 aliphatic carbocycles. The molecule has 0 fully saturated rings. The monoisotopic (exact) mass is 375 g/mol. The summed E-state index contributed by atoms with van der Waals surface area (Å²) in [5, 5.41) is 6.39. The Morgan fingerprint density at radius 3 is 2.85 bits per heavy atom. The van der Waals surface area contributed by atoms with Crippen molar-refractivity contribution in [1.82, 2.24) is 4.98 Å². The molecule has 0 bridgehead atoms. The number of amides is 1. The average Bonchev–Trinajstić information content (AvgIpc) is 2.63.